The van der Waals surface area contributed by atoms with E-state index >= 15 is 0 Å². The van der Waals surface area contributed by atoms with Gasteiger partial charge in [0, 0.05) is 18.5 Å². The summed E-state index contributed by atoms with van der Waals surface area (Å²) >= 11 is 0. The molecule has 1 aliphatic heterocycles. The first kappa shape index (κ1) is 13.3. The molecule has 16 heavy (non-hydrogen) atoms. The van der Waals surface area contributed by atoms with E-state index in [-0.39, 0.29) is 0 Å². The van der Waals surface area contributed by atoms with Crippen molar-refractivity contribution < 1.29 is 5.21 Å². The predicted octanol–water partition coefficient (Wildman–Crippen LogP) is 2.17. The van der Waals surface area contributed by atoms with Crippen molar-refractivity contribution in [1.82, 2.24) is 4.90 Å². The minimum absolute atomic E-state index is 0.341. The zero-order valence-electron chi connectivity index (χ0n) is 10.5. The normalized spacial score (nSPS) is 25.6. The monoisotopic (exact) mass is 227 g/mol. The molecular formula is C12H25N3O. The summed E-state index contributed by atoms with van der Waals surface area (Å²) in [5.41, 5.74) is 5.57. The molecule has 0 aromatic carbocycles. The van der Waals surface area contributed by atoms with Crippen molar-refractivity contribution in [3.63, 3.8) is 0 Å². The minimum Gasteiger partial charge on any atom is -0.409 e. The molecule has 2 atom stereocenters. The highest BCUT2D eigenvalue weighted by Crippen LogP contribution is 2.23. The first-order valence-electron chi connectivity index (χ1n) is 6.41. The van der Waals surface area contributed by atoms with Crippen LogP contribution >= 0.6 is 0 Å². The van der Waals surface area contributed by atoms with Gasteiger partial charge < -0.3 is 10.9 Å². The molecule has 1 fully saturated rings. The van der Waals surface area contributed by atoms with Crippen molar-refractivity contribution in [2.45, 2.75) is 64.5 Å². The number of rotatable bonds is 5. The average Bonchev–Trinajstić information content (AvgIpc) is 2.30. The van der Waals surface area contributed by atoms with Crippen LogP contribution in [-0.2, 0) is 0 Å². The second kappa shape index (κ2) is 6.74. The Hall–Kier alpha value is -0.770. The van der Waals surface area contributed by atoms with Gasteiger partial charge in [-0.2, -0.15) is 0 Å². The molecule has 4 nitrogen and oxygen atoms in total. The molecule has 0 aliphatic carbocycles. The predicted molar refractivity (Wildman–Crippen MR) is 66.7 cm³/mol. The molecule has 4 heteroatoms. The van der Waals surface area contributed by atoms with Crippen LogP contribution < -0.4 is 5.73 Å². The summed E-state index contributed by atoms with van der Waals surface area (Å²) in [5.74, 6) is 0.341. The zero-order chi connectivity index (χ0) is 12.0. The molecule has 1 heterocycles. The number of nitrogens with two attached hydrogens (primary N) is 1. The van der Waals surface area contributed by atoms with Crippen LogP contribution in [-0.4, -0.2) is 34.6 Å². The summed E-state index contributed by atoms with van der Waals surface area (Å²) in [5, 5.41) is 11.7. The van der Waals surface area contributed by atoms with Crippen LogP contribution in [0.3, 0.4) is 0 Å². The third-order valence-electron chi connectivity index (χ3n) is 3.49. The summed E-state index contributed by atoms with van der Waals surface area (Å²) < 4.78 is 0. The Morgan fingerprint density at radius 3 is 2.94 bits per heavy atom. The highest BCUT2D eigenvalue weighted by molar-refractivity contribution is 5.80. The van der Waals surface area contributed by atoms with Crippen LogP contribution in [0.5, 0.6) is 0 Å². The molecule has 0 amide bonds. The number of nitrogens with zero attached hydrogens (tertiary/aromatic N) is 2. The zero-order valence-corrected chi connectivity index (χ0v) is 10.5. The van der Waals surface area contributed by atoms with Gasteiger partial charge in [0.15, 0.2) is 0 Å². The molecular weight excluding hydrogens is 202 g/mol. The molecule has 0 saturated carbocycles. The summed E-state index contributed by atoms with van der Waals surface area (Å²) in [6, 6.07) is 1.08. The van der Waals surface area contributed by atoms with Gasteiger partial charge in [0.2, 0.25) is 0 Å². The van der Waals surface area contributed by atoms with Crippen molar-refractivity contribution in [2.75, 3.05) is 6.54 Å². The Balaban J connectivity index is 2.52. The summed E-state index contributed by atoms with van der Waals surface area (Å²) in [7, 11) is 0. The molecule has 0 aromatic rings. The van der Waals surface area contributed by atoms with Crippen LogP contribution in [0, 0.1) is 0 Å². The number of hydrogen-bond acceptors (Lipinski definition) is 3. The first-order chi connectivity index (χ1) is 7.69. The second-order valence-electron chi connectivity index (χ2n) is 4.82. The maximum absolute atomic E-state index is 8.60. The molecule has 2 unspecified atom stereocenters. The van der Waals surface area contributed by atoms with E-state index in [0.29, 0.717) is 24.3 Å². The first-order valence-corrected chi connectivity index (χ1v) is 6.41. The van der Waals surface area contributed by atoms with Crippen LogP contribution in [0.4, 0.5) is 0 Å². The van der Waals surface area contributed by atoms with Gasteiger partial charge in [-0.1, -0.05) is 24.9 Å². The highest BCUT2D eigenvalue weighted by atomic mass is 16.4. The van der Waals surface area contributed by atoms with Crippen molar-refractivity contribution in [1.29, 1.82) is 0 Å². The van der Waals surface area contributed by atoms with Crippen LogP contribution in [0.15, 0.2) is 5.16 Å². The molecule has 0 aromatic heterocycles. The molecule has 94 valence electrons. The molecule has 3 N–H and O–H groups in total. The van der Waals surface area contributed by atoms with E-state index < -0.39 is 0 Å². The van der Waals surface area contributed by atoms with E-state index in [1.165, 1.54) is 32.1 Å². The van der Waals surface area contributed by atoms with Gasteiger partial charge in [0.05, 0.1) is 0 Å². The van der Waals surface area contributed by atoms with Gasteiger partial charge in [-0.25, -0.2) is 0 Å². The minimum atomic E-state index is 0.341. The third kappa shape index (κ3) is 3.67. The van der Waals surface area contributed by atoms with E-state index in [9.17, 15) is 0 Å². The largest absolute Gasteiger partial charge is 0.409 e. The van der Waals surface area contributed by atoms with Gasteiger partial charge in [-0.15, -0.1) is 0 Å². The smallest absolute Gasteiger partial charge is 0.140 e. The Morgan fingerprint density at radius 2 is 2.31 bits per heavy atom. The number of oxime groups is 1. The van der Waals surface area contributed by atoms with Gasteiger partial charge >= 0.3 is 0 Å². The van der Waals surface area contributed by atoms with Crippen molar-refractivity contribution in [3.8, 4) is 0 Å². The number of amidine groups is 1. The van der Waals surface area contributed by atoms with Gasteiger partial charge in [0.25, 0.3) is 0 Å². The lowest BCUT2D eigenvalue weighted by atomic mass is 9.95. The maximum atomic E-state index is 8.60. The Morgan fingerprint density at radius 1 is 1.56 bits per heavy atom. The van der Waals surface area contributed by atoms with E-state index in [0.717, 1.165) is 6.54 Å². The molecule has 0 bridgehead atoms. The van der Waals surface area contributed by atoms with E-state index in [1.54, 1.807) is 0 Å². The van der Waals surface area contributed by atoms with E-state index in [1.807, 2.05) is 0 Å². The molecule has 1 aliphatic rings. The molecule has 0 spiro atoms. The van der Waals surface area contributed by atoms with Gasteiger partial charge in [0.1, 0.15) is 5.84 Å². The quantitative estimate of drug-likeness (QED) is 0.327. The molecule has 1 saturated heterocycles. The Bertz CT molecular complexity index is 228. The number of piperidine rings is 1. The van der Waals surface area contributed by atoms with Crippen LogP contribution in [0.25, 0.3) is 0 Å². The van der Waals surface area contributed by atoms with Crippen molar-refractivity contribution in [2.24, 2.45) is 10.9 Å². The number of hydrogen-bond donors (Lipinski definition) is 2. The lowest BCUT2D eigenvalue weighted by molar-refractivity contribution is 0.0989. The fraction of sp³-hybridized carbons (Fsp3) is 0.917. The van der Waals surface area contributed by atoms with Gasteiger partial charge in [-0.3, -0.25) is 4.90 Å². The van der Waals surface area contributed by atoms with Crippen molar-refractivity contribution in [3.05, 3.63) is 0 Å². The highest BCUT2D eigenvalue weighted by Gasteiger charge is 2.26. The topological polar surface area (TPSA) is 61.8 Å². The fourth-order valence-corrected chi connectivity index (χ4v) is 2.71. The summed E-state index contributed by atoms with van der Waals surface area (Å²) in [4.78, 5) is 2.53. The Labute approximate surface area is 98.5 Å². The van der Waals surface area contributed by atoms with E-state index in [4.69, 9.17) is 10.9 Å². The molecule has 0 radical (unpaired) electrons. The third-order valence-corrected chi connectivity index (χ3v) is 3.49. The van der Waals surface area contributed by atoms with Crippen LogP contribution in [0.1, 0.15) is 52.4 Å². The Kier molecular flexibility index (Phi) is 5.60. The van der Waals surface area contributed by atoms with E-state index in [2.05, 4.69) is 23.9 Å². The van der Waals surface area contributed by atoms with Gasteiger partial charge in [-0.05, 0) is 32.7 Å². The maximum Gasteiger partial charge on any atom is 0.140 e. The van der Waals surface area contributed by atoms with Crippen LogP contribution in [0.2, 0.25) is 0 Å². The summed E-state index contributed by atoms with van der Waals surface area (Å²) in [6.45, 7) is 5.57. The fourth-order valence-electron chi connectivity index (χ4n) is 2.71. The SMILES string of the molecule is CCCC1CCCCN1C(C)CC(N)=NO. The van der Waals surface area contributed by atoms with Crippen molar-refractivity contribution >= 4 is 5.84 Å². The second-order valence-corrected chi connectivity index (χ2v) is 4.82. The average molecular weight is 227 g/mol. The lowest BCUT2D eigenvalue weighted by Crippen LogP contribution is -2.46. The number of likely N-dealkylation sites (tertiary alicyclic amines) is 1. The standard InChI is InChI=1S/C12H25N3O/c1-3-6-11-7-4-5-8-15(11)10(2)9-12(13)14-16/h10-11,16H,3-9H2,1-2H3,(H2,13,14). The molecule has 1 rings (SSSR count). The summed E-state index contributed by atoms with van der Waals surface area (Å²) in [6.07, 6.45) is 7.08. The lowest BCUT2D eigenvalue weighted by Gasteiger charge is -2.39.